The molecule has 0 N–H and O–H groups in total. The number of nitrogens with zero attached hydrogens (tertiary/aromatic N) is 2. The number of hydrogen-bond acceptors (Lipinski definition) is 6. The number of aryl methyl sites for hydroxylation is 1. The van der Waals surface area contributed by atoms with Gasteiger partial charge in [0, 0.05) is 11.1 Å². The minimum absolute atomic E-state index is 0.0314. The molecule has 1 atom stereocenters. The van der Waals surface area contributed by atoms with Crippen LogP contribution in [0.15, 0.2) is 92.6 Å². The smallest absolute Gasteiger partial charge is 0.296 e. The molecular formula is C28H19ClN2O5. The van der Waals surface area contributed by atoms with Crippen LogP contribution in [0.5, 0.6) is 5.75 Å². The molecule has 0 bridgehead atoms. The molecule has 8 heteroatoms. The molecule has 3 aromatic carbocycles. The highest BCUT2D eigenvalue weighted by molar-refractivity contribution is 6.31. The van der Waals surface area contributed by atoms with Crippen LogP contribution in [0.1, 0.15) is 39.0 Å². The van der Waals surface area contributed by atoms with Gasteiger partial charge in [-0.05, 0) is 48.4 Å². The summed E-state index contributed by atoms with van der Waals surface area (Å²) in [5.74, 6) is 0.903. The topological polar surface area (TPSA) is 85.8 Å². The van der Waals surface area contributed by atoms with Crippen molar-refractivity contribution in [2.75, 3.05) is 4.90 Å². The third-order valence-corrected chi connectivity index (χ3v) is 6.35. The average molecular weight is 499 g/mol. The van der Waals surface area contributed by atoms with Crippen molar-refractivity contribution in [3.05, 3.63) is 122 Å². The van der Waals surface area contributed by atoms with Gasteiger partial charge in [0.15, 0.2) is 11.2 Å². The fourth-order valence-corrected chi connectivity index (χ4v) is 4.65. The van der Waals surface area contributed by atoms with Gasteiger partial charge in [-0.2, -0.15) is 0 Å². The standard InChI is InChI=1S/C28H19ClN2O5/c1-16-12-23(30-36-16)31-25(18-8-5-9-20(13-18)34-15-17-6-3-2-4-7-17)24-26(32)21-14-19(29)10-11-22(21)35-27(24)28(31)33/h2-14,25H,15H2,1H3/t25-/m0/s1. The van der Waals surface area contributed by atoms with Gasteiger partial charge < -0.3 is 13.7 Å². The first-order chi connectivity index (χ1) is 17.5. The van der Waals surface area contributed by atoms with Crippen LogP contribution >= 0.6 is 11.6 Å². The van der Waals surface area contributed by atoms with Crippen LogP contribution in [0.4, 0.5) is 5.82 Å². The lowest BCUT2D eigenvalue weighted by atomic mass is 9.98. The van der Waals surface area contributed by atoms with Crippen molar-refractivity contribution in [1.82, 2.24) is 5.16 Å². The lowest BCUT2D eigenvalue weighted by Crippen LogP contribution is -2.29. The summed E-state index contributed by atoms with van der Waals surface area (Å²) in [7, 11) is 0. The molecule has 1 aliphatic heterocycles. The minimum Gasteiger partial charge on any atom is -0.489 e. The molecule has 1 amide bonds. The zero-order valence-electron chi connectivity index (χ0n) is 19.1. The molecule has 0 radical (unpaired) electrons. The molecule has 36 heavy (non-hydrogen) atoms. The summed E-state index contributed by atoms with van der Waals surface area (Å²) >= 11 is 6.16. The molecular weight excluding hydrogens is 480 g/mol. The Kier molecular flexibility index (Phi) is 5.34. The predicted octanol–water partition coefficient (Wildman–Crippen LogP) is 6.07. The van der Waals surface area contributed by atoms with Crippen LogP contribution < -0.4 is 15.1 Å². The monoisotopic (exact) mass is 498 g/mol. The number of hydrogen-bond donors (Lipinski definition) is 0. The molecule has 1 aliphatic rings. The Morgan fingerprint density at radius 1 is 1.00 bits per heavy atom. The number of carbonyl (C=O) groups is 1. The van der Waals surface area contributed by atoms with Crippen LogP contribution in [0.2, 0.25) is 5.02 Å². The maximum Gasteiger partial charge on any atom is 0.296 e. The zero-order valence-corrected chi connectivity index (χ0v) is 19.9. The van der Waals surface area contributed by atoms with Crippen LogP contribution in [0.25, 0.3) is 11.0 Å². The van der Waals surface area contributed by atoms with Gasteiger partial charge in [-0.25, -0.2) is 0 Å². The van der Waals surface area contributed by atoms with E-state index < -0.39 is 11.9 Å². The number of anilines is 1. The van der Waals surface area contributed by atoms with Gasteiger partial charge in [0.05, 0.1) is 17.0 Å². The van der Waals surface area contributed by atoms with Crippen molar-refractivity contribution in [2.45, 2.75) is 19.6 Å². The lowest BCUT2D eigenvalue weighted by Gasteiger charge is -2.22. The fraction of sp³-hybridized carbons (Fsp3) is 0.107. The van der Waals surface area contributed by atoms with Crippen molar-refractivity contribution < 1.29 is 18.5 Å². The number of fused-ring (bicyclic) bond motifs is 2. The molecule has 5 aromatic rings. The van der Waals surface area contributed by atoms with Crippen LogP contribution in [0, 0.1) is 6.92 Å². The van der Waals surface area contributed by atoms with Gasteiger partial charge in [0.2, 0.25) is 5.76 Å². The Morgan fingerprint density at radius 2 is 1.83 bits per heavy atom. The second-order valence-corrected chi connectivity index (χ2v) is 8.97. The molecule has 0 unspecified atom stereocenters. The third kappa shape index (κ3) is 3.74. The van der Waals surface area contributed by atoms with Crippen molar-refractivity contribution in [1.29, 1.82) is 0 Å². The number of halogens is 1. The van der Waals surface area contributed by atoms with Crippen LogP contribution in [0.3, 0.4) is 0 Å². The van der Waals surface area contributed by atoms with Gasteiger partial charge in [0.25, 0.3) is 5.91 Å². The van der Waals surface area contributed by atoms with E-state index in [1.54, 1.807) is 31.2 Å². The summed E-state index contributed by atoms with van der Waals surface area (Å²) < 4.78 is 17.2. The summed E-state index contributed by atoms with van der Waals surface area (Å²) in [6.07, 6.45) is 0. The molecule has 3 heterocycles. The molecule has 0 aliphatic carbocycles. The second kappa shape index (κ2) is 8.70. The largest absolute Gasteiger partial charge is 0.489 e. The average Bonchev–Trinajstić information content (AvgIpc) is 3.45. The Bertz CT molecular complexity index is 1680. The maximum atomic E-state index is 13.7. The van der Waals surface area contributed by atoms with Gasteiger partial charge >= 0.3 is 0 Å². The van der Waals surface area contributed by atoms with Crippen molar-refractivity contribution >= 4 is 34.3 Å². The summed E-state index contributed by atoms with van der Waals surface area (Å²) in [5.41, 5.74) is 1.87. The van der Waals surface area contributed by atoms with E-state index in [9.17, 15) is 9.59 Å². The van der Waals surface area contributed by atoms with Gasteiger partial charge in [-0.3, -0.25) is 14.5 Å². The van der Waals surface area contributed by atoms with Gasteiger partial charge in [-0.15, -0.1) is 0 Å². The lowest BCUT2D eigenvalue weighted by molar-refractivity contribution is 0.0969. The van der Waals surface area contributed by atoms with E-state index in [-0.39, 0.29) is 28.2 Å². The first-order valence-electron chi connectivity index (χ1n) is 11.3. The van der Waals surface area contributed by atoms with Crippen molar-refractivity contribution in [2.24, 2.45) is 0 Å². The third-order valence-electron chi connectivity index (χ3n) is 6.12. The first kappa shape index (κ1) is 22.1. The molecule has 178 valence electrons. The number of rotatable bonds is 5. The first-order valence-corrected chi connectivity index (χ1v) is 11.7. The summed E-state index contributed by atoms with van der Waals surface area (Å²) in [6, 6.07) is 22.7. The number of amides is 1. The highest BCUT2D eigenvalue weighted by Gasteiger charge is 2.45. The molecule has 0 saturated carbocycles. The molecule has 2 aromatic heterocycles. The summed E-state index contributed by atoms with van der Waals surface area (Å²) in [6.45, 7) is 2.11. The predicted molar refractivity (Wildman–Crippen MR) is 135 cm³/mol. The molecule has 0 fully saturated rings. The van der Waals surface area contributed by atoms with E-state index >= 15 is 0 Å². The normalized spacial score (nSPS) is 14.9. The molecule has 7 nitrogen and oxygen atoms in total. The molecule has 0 spiro atoms. The van der Waals surface area contributed by atoms with E-state index in [2.05, 4.69) is 5.16 Å². The Balaban J connectivity index is 1.49. The van der Waals surface area contributed by atoms with Gasteiger partial charge in [-0.1, -0.05) is 59.2 Å². The van der Waals surface area contributed by atoms with E-state index in [0.717, 1.165) is 5.56 Å². The summed E-state index contributed by atoms with van der Waals surface area (Å²) in [4.78, 5) is 28.7. The quantitative estimate of drug-likeness (QED) is 0.292. The van der Waals surface area contributed by atoms with Crippen LogP contribution in [-0.4, -0.2) is 11.1 Å². The fourth-order valence-electron chi connectivity index (χ4n) is 4.48. The van der Waals surface area contributed by atoms with Gasteiger partial charge in [0.1, 0.15) is 23.7 Å². The van der Waals surface area contributed by atoms with Crippen LogP contribution in [-0.2, 0) is 6.61 Å². The Hall–Kier alpha value is -4.36. The molecule has 6 rings (SSSR count). The Morgan fingerprint density at radius 3 is 2.61 bits per heavy atom. The summed E-state index contributed by atoms with van der Waals surface area (Å²) in [5, 5.41) is 4.75. The zero-order chi connectivity index (χ0) is 24.8. The van der Waals surface area contributed by atoms with E-state index in [1.807, 2.05) is 54.6 Å². The highest BCUT2D eigenvalue weighted by atomic mass is 35.5. The van der Waals surface area contributed by atoms with E-state index in [4.69, 9.17) is 25.3 Å². The number of aromatic nitrogens is 1. The molecule has 0 saturated heterocycles. The maximum absolute atomic E-state index is 13.7. The number of benzene rings is 3. The van der Waals surface area contributed by atoms with Crippen molar-refractivity contribution in [3.63, 3.8) is 0 Å². The highest BCUT2D eigenvalue weighted by Crippen LogP contribution is 2.41. The number of ether oxygens (including phenoxy) is 1. The van der Waals surface area contributed by atoms with E-state index in [1.165, 1.54) is 4.90 Å². The van der Waals surface area contributed by atoms with E-state index in [0.29, 0.717) is 34.1 Å². The minimum atomic E-state index is -0.795. The SMILES string of the molecule is Cc1cc(N2C(=O)c3oc4ccc(Cl)cc4c(=O)c3[C@@H]2c2cccc(OCc3ccccc3)c2)no1. The van der Waals surface area contributed by atoms with Crippen molar-refractivity contribution in [3.8, 4) is 5.75 Å². The Labute approximate surface area is 210 Å². The second-order valence-electron chi connectivity index (χ2n) is 8.53. The number of carbonyl (C=O) groups excluding carboxylic acids is 1.